The van der Waals surface area contributed by atoms with E-state index in [2.05, 4.69) is 17.6 Å². The molecule has 2 nitrogen and oxygen atoms in total. The summed E-state index contributed by atoms with van der Waals surface area (Å²) in [5.74, 6) is 1.08. The van der Waals surface area contributed by atoms with Crippen molar-refractivity contribution in [3.8, 4) is 6.07 Å². The van der Waals surface area contributed by atoms with Gasteiger partial charge in [-0.15, -0.1) is 0 Å². The molecule has 1 aliphatic rings. The Balaban J connectivity index is 2.21. The molecular weight excluding hydrogens is 192 g/mol. The minimum Gasteiger partial charge on any atom is -0.299 e. The summed E-state index contributed by atoms with van der Waals surface area (Å²) in [4.78, 5) is 0. The molecular formula is C11H20N2S. The van der Waals surface area contributed by atoms with E-state index in [0.29, 0.717) is 6.04 Å². The second-order valence-electron chi connectivity index (χ2n) is 3.96. The third-order valence-corrected chi connectivity index (χ3v) is 3.45. The summed E-state index contributed by atoms with van der Waals surface area (Å²) in [6.07, 6.45) is 9.63. The van der Waals surface area contributed by atoms with Crippen molar-refractivity contribution >= 4 is 11.8 Å². The third kappa shape index (κ3) is 4.34. The van der Waals surface area contributed by atoms with Crippen LogP contribution in [0.5, 0.6) is 0 Å². The molecule has 0 bridgehead atoms. The van der Waals surface area contributed by atoms with Crippen molar-refractivity contribution in [2.45, 2.75) is 50.6 Å². The standard InChI is InChI=1S/C11H20N2S/c1-14-8-7-11(9-12)13-10-5-3-2-4-6-10/h10-11,13H,2-8H2,1H3. The van der Waals surface area contributed by atoms with Crippen LogP contribution in [0.15, 0.2) is 0 Å². The Hall–Kier alpha value is -0.200. The Labute approximate surface area is 91.4 Å². The van der Waals surface area contributed by atoms with Crippen molar-refractivity contribution in [3.05, 3.63) is 0 Å². The Kier molecular flexibility index (Phi) is 6.05. The van der Waals surface area contributed by atoms with Crippen LogP contribution in [0.25, 0.3) is 0 Å². The fourth-order valence-corrected chi connectivity index (χ4v) is 2.45. The summed E-state index contributed by atoms with van der Waals surface area (Å²) in [7, 11) is 0. The molecule has 0 aromatic rings. The molecule has 0 radical (unpaired) electrons. The number of nitrogens with zero attached hydrogens (tertiary/aromatic N) is 1. The highest BCUT2D eigenvalue weighted by Crippen LogP contribution is 2.18. The van der Waals surface area contributed by atoms with E-state index in [1.165, 1.54) is 32.1 Å². The van der Waals surface area contributed by atoms with Gasteiger partial charge >= 0.3 is 0 Å². The van der Waals surface area contributed by atoms with Gasteiger partial charge in [0.15, 0.2) is 0 Å². The first-order valence-corrected chi connectivity index (χ1v) is 6.91. The van der Waals surface area contributed by atoms with Crippen LogP contribution in [0.2, 0.25) is 0 Å². The van der Waals surface area contributed by atoms with Gasteiger partial charge in [-0.3, -0.25) is 5.32 Å². The molecule has 1 aliphatic carbocycles. The molecule has 1 rings (SSSR count). The number of nitrogens with one attached hydrogen (secondary N) is 1. The van der Waals surface area contributed by atoms with Gasteiger partial charge in [-0.25, -0.2) is 0 Å². The van der Waals surface area contributed by atoms with E-state index in [1.54, 1.807) is 0 Å². The second-order valence-corrected chi connectivity index (χ2v) is 4.95. The highest BCUT2D eigenvalue weighted by atomic mass is 32.2. The largest absolute Gasteiger partial charge is 0.299 e. The maximum absolute atomic E-state index is 8.96. The number of nitriles is 1. The van der Waals surface area contributed by atoms with Gasteiger partial charge in [-0.05, 0) is 31.3 Å². The fraction of sp³-hybridized carbons (Fsp3) is 0.909. The van der Waals surface area contributed by atoms with Gasteiger partial charge in [0.25, 0.3) is 0 Å². The summed E-state index contributed by atoms with van der Waals surface area (Å²) in [5, 5.41) is 12.4. The van der Waals surface area contributed by atoms with Gasteiger partial charge in [0.2, 0.25) is 0 Å². The normalized spacial score (nSPS) is 20.3. The summed E-state index contributed by atoms with van der Waals surface area (Å²) in [6.45, 7) is 0. The minimum absolute atomic E-state index is 0.0746. The average molecular weight is 212 g/mol. The molecule has 1 N–H and O–H groups in total. The Morgan fingerprint density at radius 1 is 1.43 bits per heavy atom. The highest BCUT2D eigenvalue weighted by molar-refractivity contribution is 7.98. The molecule has 1 fully saturated rings. The molecule has 0 aliphatic heterocycles. The van der Waals surface area contributed by atoms with Crippen LogP contribution in [0.4, 0.5) is 0 Å². The monoisotopic (exact) mass is 212 g/mol. The summed E-state index contributed by atoms with van der Waals surface area (Å²) < 4.78 is 0. The van der Waals surface area contributed by atoms with Crippen molar-refractivity contribution in [1.29, 1.82) is 5.26 Å². The molecule has 1 unspecified atom stereocenters. The van der Waals surface area contributed by atoms with Gasteiger partial charge < -0.3 is 0 Å². The lowest BCUT2D eigenvalue weighted by Crippen LogP contribution is -2.39. The molecule has 14 heavy (non-hydrogen) atoms. The predicted octanol–water partition coefficient (Wildman–Crippen LogP) is 2.55. The van der Waals surface area contributed by atoms with Crippen LogP contribution < -0.4 is 5.32 Å². The second kappa shape index (κ2) is 7.14. The quantitative estimate of drug-likeness (QED) is 0.761. The topological polar surface area (TPSA) is 35.8 Å². The first-order chi connectivity index (χ1) is 6.86. The van der Waals surface area contributed by atoms with E-state index in [1.807, 2.05) is 11.8 Å². The summed E-state index contributed by atoms with van der Waals surface area (Å²) in [6, 6.07) is 3.04. The first-order valence-electron chi connectivity index (χ1n) is 5.51. The van der Waals surface area contributed by atoms with Gasteiger partial charge in [-0.1, -0.05) is 19.3 Å². The molecule has 80 valence electrons. The van der Waals surface area contributed by atoms with Crippen molar-refractivity contribution in [1.82, 2.24) is 5.32 Å². The van der Waals surface area contributed by atoms with Crippen LogP contribution in [0.1, 0.15) is 38.5 Å². The molecule has 0 heterocycles. The lowest BCUT2D eigenvalue weighted by Gasteiger charge is -2.25. The first kappa shape index (κ1) is 11.9. The molecule has 0 aromatic heterocycles. The van der Waals surface area contributed by atoms with Crippen molar-refractivity contribution in [2.75, 3.05) is 12.0 Å². The number of thioether (sulfide) groups is 1. The lowest BCUT2D eigenvalue weighted by atomic mass is 9.95. The van der Waals surface area contributed by atoms with E-state index >= 15 is 0 Å². The summed E-state index contributed by atoms with van der Waals surface area (Å²) >= 11 is 1.82. The molecule has 1 saturated carbocycles. The zero-order chi connectivity index (χ0) is 10.2. The Morgan fingerprint density at radius 2 is 2.14 bits per heavy atom. The van der Waals surface area contributed by atoms with E-state index in [9.17, 15) is 0 Å². The zero-order valence-electron chi connectivity index (χ0n) is 8.96. The lowest BCUT2D eigenvalue weighted by molar-refractivity contribution is 0.355. The van der Waals surface area contributed by atoms with Gasteiger partial charge in [-0.2, -0.15) is 17.0 Å². The fourth-order valence-electron chi connectivity index (χ4n) is 1.97. The maximum Gasteiger partial charge on any atom is 0.0963 e. The minimum atomic E-state index is 0.0746. The zero-order valence-corrected chi connectivity index (χ0v) is 9.78. The molecule has 0 spiro atoms. The van der Waals surface area contributed by atoms with Crippen molar-refractivity contribution < 1.29 is 0 Å². The predicted molar refractivity (Wildman–Crippen MR) is 62.4 cm³/mol. The van der Waals surface area contributed by atoms with Crippen molar-refractivity contribution in [2.24, 2.45) is 0 Å². The molecule has 0 saturated heterocycles. The number of hydrogen-bond donors (Lipinski definition) is 1. The smallest absolute Gasteiger partial charge is 0.0963 e. The summed E-state index contributed by atoms with van der Waals surface area (Å²) in [5.41, 5.74) is 0. The average Bonchev–Trinajstić information content (AvgIpc) is 2.25. The number of rotatable bonds is 5. The van der Waals surface area contributed by atoms with Gasteiger partial charge in [0.1, 0.15) is 0 Å². The van der Waals surface area contributed by atoms with Crippen LogP contribution in [-0.2, 0) is 0 Å². The Bertz CT molecular complexity index is 182. The van der Waals surface area contributed by atoms with E-state index < -0.39 is 0 Å². The molecule has 1 atom stereocenters. The molecule has 0 amide bonds. The van der Waals surface area contributed by atoms with Gasteiger partial charge in [0, 0.05) is 6.04 Å². The highest BCUT2D eigenvalue weighted by Gasteiger charge is 2.16. The molecule has 3 heteroatoms. The molecule has 0 aromatic carbocycles. The van der Waals surface area contributed by atoms with Crippen LogP contribution in [0, 0.1) is 11.3 Å². The van der Waals surface area contributed by atoms with E-state index in [4.69, 9.17) is 5.26 Å². The van der Waals surface area contributed by atoms with Crippen LogP contribution >= 0.6 is 11.8 Å². The Morgan fingerprint density at radius 3 is 2.71 bits per heavy atom. The van der Waals surface area contributed by atoms with Crippen LogP contribution in [0.3, 0.4) is 0 Å². The van der Waals surface area contributed by atoms with Crippen molar-refractivity contribution in [3.63, 3.8) is 0 Å². The number of hydrogen-bond acceptors (Lipinski definition) is 3. The van der Waals surface area contributed by atoms with Crippen LogP contribution in [-0.4, -0.2) is 24.1 Å². The van der Waals surface area contributed by atoms with E-state index in [-0.39, 0.29) is 6.04 Å². The third-order valence-electron chi connectivity index (χ3n) is 2.81. The van der Waals surface area contributed by atoms with E-state index in [0.717, 1.165) is 12.2 Å². The maximum atomic E-state index is 8.96. The van der Waals surface area contributed by atoms with Gasteiger partial charge in [0.05, 0.1) is 12.1 Å². The SMILES string of the molecule is CSCCC(C#N)NC1CCCCC1.